The summed E-state index contributed by atoms with van der Waals surface area (Å²) in [6, 6.07) is -0.522. The van der Waals surface area contributed by atoms with Crippen LogP contribution in [0.3, 0.4) is 0 Å². The summed E-state index contributed by atoms with van der Waals surface area (Å²) in [5, 5.41) is 0. The molecule has 0 saturated carbocycles. The van der Waals surface area contributed by atoms with Gasteiger partial charge in [0.1, 0.15) is 0 Å². The molecule has 0 aliphatic heterocycles. The lowest BCUT2D eigenvalue weighted by atomic mass is 10.0. The van der Waals surface area contributed by atoms with Gasteiger partial charge < -0.3 is 19.9 Å². The molecule has 0 heterocycles. The van der Waals surface area contributed by atoms with Gasteiger partial charge in [-0.25, -0.2) is 4.79 Å². The molecule has 0 aromatic rings. The minimum Gasteiger partial charge on any atom is -0.462 e. The fraction of sp³-hybridized carbons (Fsp3) is 0.917. The quantitative estimate of drug-likeness (QED) is 0.493. The summed E-state index contributed by atoms with van der Waals surface area (Å²) >= 11 is 0. The predicted molar refractivity (Wildman–Crippen MR) is 65.5 cm³/mol. The second kappa shape index (κ2) is 8.44. The van der Waals surface area contributed by atoms with E-state index in [1.54, 1.807) is 20.8 Å². The summed E-state index contributed by atoms with van der Waals surface area (Å²) in [7, 11) is 0. The van der Waals surface area contributed by atoms with Crippen molar-refractivity contribution in [2.24, 2.45) is 5.73 Å². The Balaban J connectivity index is 5.01. The van der Waals surface area contributed by atoms with E-state index in [9.17, 15) is 4.79 Å². The second-order valence-corrected chi connectivity index (χ2v) is 3.65. The maximum atomic E-state index is 12.0. The molecule has 5 nitrogen and oxygen atoms in total. The molecule has 0 aromatic carbocycles. The molecule has 0 unspecified atom stereocenters. The summed E-state index contributed by atoms with van der Waals surface area (Å²) in [6.45, 7) is 8.29. The van der Waals surface area contributed by atoms with E-state index in [0.717, 1.165) is 6.42 Å². The average Bonchev–Trinajstić information content (AvgIpc) is 2.29. The summed E-state index contributed by atoms with van der Waals surface area (Å²) in [5.74, 6) is -2.00. The lowest BCUT2D eigenvalue weighted by Crippen LogP contribution is -2.58. The van der Waals surface area contributed by atoms with Gasteiger partial charge in [0.2, 0.25) is 0 Å². The van der Waals surface area contributed by atoms with Crippen LogP contribution in [-0.4, -0.2) is 37.6 Å². The van der Waals surface area contributed by atoms with Gasteiger partial charge in [0.15, 0.2) is 0 Å². The molecule has 0 saturated heterocycles. The normalized spacial score (nSPS) is 13.5. The van der Waals surface area contributed by atoms with Gasteiger partial charge in [-0.1, -0.05) is 13.3 Å². The van der Waals surface area contributed by atoms with Crippen LogP contribution < -0.4 is 5.73 Å². The third kappa shape index (κ3) is 4.26. The van der Waals surface area contributed by atoms with E-state index in [2.05, 4.69) is 0 Å². The predicted octanol–water partition coefficient (Wildman–Crippen LogP) is 1.45. The Labute approximate surface area is 104 Å². The Bertz CT molecular complexity index is 215. The average molecular weight is 247 g/mol. The number of carbonyl (C=O) groups is 1. The SMILES string of the molecule is CCC[C@H](N)C(OCC)(OCC)C(=O)OCC. The van der Waals surface area contributed by atoms with Crippen LogP contribution in [0.5, 0.6) is 0 Å². The monoisotopic (exact) mass is 247 g/mol. The van der Waals surface area contributed by atoms with Gasteiger partial charge in [-0.2, -0.15) is 0 Å². The highest BCUT2D eigenvalue weighted by molar-refractivity contribution is 5.79. The molecule has 0 aliphatic rings. The summed E-state index contributed by atoms with van der Waals surface area (Å²) in [6.07, 6.45) is 1.49. The second-order valence-electron chi connectivity index (χ2n) is 3.65. The first-order valence-electron chi connectivity index (χ1n) is 6.29. The molecule has 0 aliphatic carbocycles. The van der Waals surface area contributed by atoms with Crippen molar-refractivity contribution in [3.05, 3.63) is 0 Å². The van der Waals surface area contributed by atoms with Crippen molar-refractivity contribution in [2.45, 2.75) is 52.4 Å². The van der Waals surface area contributed by atoms with E-state index in [1.807, 2.05) is 6.92 Å². The molecule has 102 valence electrons. The smallest absolute Gasteiger partial charge is 0.368 e. The Morgan fingerprint density at radius 1 is 1.12 bits per heavy atom. The molecule has 0 spiro atoms. The first kappa shape index (κ1) is 16.4. The molecule has 0 fully saturated rings. The van der Waals surface area contributed by atoms with Crippen molar-refractivity contribution in [2.75, 3.05) is 19.8 Å². The lowest BCUT2D eigenvalue weighted by Gasteiger charge is -2.35. The van der Waals surface area contributed by atoms with E-state index in [4.69, 9.17) is 19.9 Å². The van der Waals surface area contributed by atoms with Crippen molar-refractivity contribution >= 4 is 5.97 Å². The summed E-state index contributed by atoms with van der Waals surface area (Å²) in [4.78, 5) is 12.0. The third-order valence-corrected chi connectivity index (χ3v) is 2.37. The van der Waals surface area contributed by atoms with Crippen molar-refractivity contribution in [1.29, 1.82) is 0 Å². The molecular formula is C12H25NO4. The van der Waals surface area contributed by atoms with Gasteiger partial charge in [0.05, 0.1) is 12.6 Å². The maximum absolute atomic E-state index is 12.0. The molecule has 0 aromatic heterocycles. The molecule has 2 N–H and O–H groups in total. The molecular weight excluding hydrogens is 222 g/mol. The molecule has 5 heteroatoms. The number of esters is 1. The standard InChI is InChI=1S/C12H25NO4/c1-5-9-10(13)12(16-7-3,17-8-4)11(14)15-6-2/h10H,5-9,13H2,1-4H3/t10-/m0/s1. The minimum atomic E-state index is -1.46. The van der Waals surface area contributed by atoms with Crippen LogP contribution in [0.4, 0.5) is 0 Å². The molecule has 1 atom stereocenters. The number of nitrogens with two attached hydrogens (primary N) is 1. The van der Waals surface area contributed by atoms with E-state index in [-0.39, 0.29) is 6.61 Å². The molecule has 17 heavy (non-hydrogen) atoms. The van der Waals surface area contributed by atoms with E-state index < -0.39 is 17.8 Å². The zero-order valence-corrected chi connectivity index (χ0v) is 11.3. The van der Waals surface area contributed by atoms with Crippen LogP contribution >= 0.6 is 0 Å². The molecule has 0 rings (SSSR count). The highest BCUT2D eigenvalue weighted by Crippen LogP contribution is 2.22. The van der Waals surface area contributed by atoms with Gasteiger partial charge in [-0.05, 0) is 27.2 Å². The fourth-order valence-electron chi connectivity index (χ4n) is 1.69. The fourth-order valence-corrected chi connectivity index (χ4v) is 1.69. The lowest BCUT2D eigenvalue weighted by molar-refractivity contribution is -0.254. The van der Waals surface area contributed by atoms with E-state index >= 15 is 0 Å². The van der Waals surface area contributed by atoms with Crippen molar-refractivity contribution in [1.82, 2.24) is 0 Å². The Hall–Kier alpha value is -0.650. The molecule has 0 radical (unpaired) electrons. The van der Waals surface area contributed by atoms with E-state index in [1.165, 1.54) is 0 Å². The van der Waals surface area contributed by atoms with Crippen molar-refractivity contribution in [3.8, 4) is 0 Å². The number of hydrogen-bond acceptors (Lipinski definition) is 5. The number of carbonyl (C=O) groups excluding carboxylic acids is 1. The number of hydrogen-bond donors (Lipinski definition) is 1. The van der Waals surface area contributed by atoms with Crippen LogP contribution in [0.25, 0.3) is 0 Å². The maximum Gasteiger partial charge on any atom is 0.368 e. The molecule has 0 amide bonds. The van der Waals surface area contributed by atoms with Crippen molar-refractivity contribution < 1.29 is 19.0 Å². The minimum absolute atomic E-state index is 0.277. The van der Waals surface area contributed by atoms with Gasteiger partial charge in [-0.15, -0.1) is 0 Å². The van der Waals surface area contributed by atoms with Crippen LogP contribution in [0.2, 0.25) is 0 Å². The number of ether oxygens (including phenoxy) is 3. The van der Waals surface area contributed by atoms with Crippen LogP contribution in [0, 0.1) is 0 Å². The first-order valence-corrected chi connectivity index (χ1v) is 6.29. The van der Waals surface area contributed by atoms with Crippen LogP contribution in [-0.2, 0) is 19.0 Å². The zero-order valence-electron chi connectivity index (χ0n) is 11.3. The van der Waals surface area contributed by atoms with Crippen molar-refractivity contribution in [3.63, 3.8) is 0 Å². The van der Waals surface area contributed by atoms with Gasteiger partial charge in [-0.3, -0.25) is 0 Å². The Kier molecular flexibility index (Phi) is 8.12. The Morgan fingerprint density at radius 2 is 1.65 bits per heavy atom. The summed E-state index contributed by atoms with van der Waals surface area (Å²) in [5.41, 5.74) is 6.02. The van der Waals surface area contributed by atoms with Crippen LogP contribution in [0.15, 0.2) is 0 Å². The third-order valence-electron chi connectivity index (χ3n) is 2.37. The zero-order chi connectivity index (χ0) is 13.3. The first-order chi connectivity index (χ1) is 8.08. The van der Waals surface area contributed by atoms with Crippen LogP contribution in [0.1, 0.15) is 40.5 Å². The van der Waals surface area contributed by atoms with Gasteiger partial charge in [0.25, 0.3) is 5.79 Å². The summed E-state index contributed by atoms with van der Waals surface area (Å²) < 4.78 is 16.0. The Morgan fingerprint density at radius 3 is 2.00 bits per heavy atom. The highest BCUT2D eigenvalue weighted by atomic mass is 16.7. The van der Waals surface area contributed by atoms with E-state index in [0.29, 0.717) is 19.6 Å². The largest absolute Gasteiger partial charge is 0.462 e. The topological polar surface area (TPSA) is 70.8 Å². The molecule has 0 bridgehead atoms. The number of rotatable bonds is 9. The van der Waals surface area contributed by atoms with Gasteiger partial charge in [0, 0.05) is 13.2 Å². The van der Waals surface area contributed by atoms with Gasteiger partial charge >= 0.3 is 5.97 Å². The highest BCUT2D eigenvalue weighted by Gasteiger charge is 2.47.